The van der Waals surface area contributed by atoms with Gasteiger partial charge in [-0.1, -0.05) is 12.8 Å². The third-order valence-corrected chi connectivity index (χ3v) is 4.94. The molecule has 3 nitrogen and oxygen atoms in total. The molecule has 1 heterocycles. The minimum atomic E-state index is -0.0803. The fourth-order valence-electron chi connectivity index (χ4n) is 3.94. The van der Waals surface area contributed by atoms with Gasteiger partial charge in [-0.15, -0.1) is 0 Å². The highest BCUT2D eigenvalue weighted by atomic mass is 16.3. The lowest BCUT2D eigenvalue weighted by Crippen LogP contribution is -2.46. The Labute approximate surface area is 120 Å². The molecule has 1 saturated heterocycles. The van der Waals surface area contributed by atoms with Gasteiger partial charge in [0.05, 0.1) is 5.56 Å². The Morgan fingerprint density at radius 1 is 1.20 bits per heavy atom. The van der Waals surface area contributed by atoms with E-state index in [0.717, 1.165) is 18.2 Å². The minimum Gasteiger partial charge on any atom is -0.507 e. The molecule has 1 aliphatic heterocycles. The molecular weight excluding hydrogens is 250 g/mol. The quantitative estimate of drug-likeness (QED) is 0.834. The van der Waals surface area contributed by atoms with Crippen molar-refractivity contribution in [1.82, 2.24) is 0 Å². The van der Waals surface area contributed by atoms with Crippen LogP contribution in [-0.2, 0) is 0 Å². The molecule has 108 valence electrons. The van der Waals surface area contributed by atoms with Crippen LogP contribution < -0.4 is 4.90 Å². The number of phenolic OH excluding ortho intramolecular Hbond substituents is 1. The lowest BCUT2D eigenvalue weighted by atomic mass is 9.78. The molecule has 1 aromatic carbocycles. The molecule has 2 aliphatic rings. The van der Waals surface area contributed by atoms with Crippen LogP contribution in [0.1, 0.15) is 55.8 Å². The SMILES string of the molecule is CC(=O)c1ccc(N2CCCC3CCCCC32)cc1O. The molecule has 2 atom stereocenters. The van der Waals surface area contributed by atoms with Crippen LogP contribution in [0.2, 0.25) is 0 Å². The molecule has 2 unspecified atom stereocenters. The van der Waals surface area contributed by atoms with E-state index in [1.807, 2.05) is 6.07 Å². The summed E-state index contributed by atoms with van der Waals surface area (Å²) in [5.74, 6) is 0.850. The van der Waals surface area contributed by atoms with Gasteiger partial charge >= 0.3 is 0 Å². The van der Waals surface area contributed by atoms with Gasteiger partial charge in [0, 0.05) is 24.3 Å². The number of Topliss-reactive ketones (excluding diaryl/α,β-unsaturated/α-hetero) is 1. The zero-order valence-electron chi connectivity index (χ0n) is 12.1. The molecule has 1 N–H and O–H groups in total. The predicted octanol–water partition coefficient (Wildman–Crippen LogP) is 3.75. The number of hydrogen-bond donors (Lipinski definition) is 1. The van der Waals surface area contributed by atoms with Crippen molar-refractivity contribution < 1.29 is 9.90 Å². The summed E-state index contributed by atoms with van der Waals surface area (Å²) in [6, 6.07) is 6.15. The highest BCUT2D eigenvalue weighted by molar-refractivity contribution is 5.97. The molecule has 3 rings (SSSR count). The van der Waals surface area contributed by atoms with Crippen LogP contribution in [-0.4, -0.2) is 23.5 Å². The number of carbonyl (C=O) groups is 1. The Balaban J connectivity index is 1.87. The zero-order chi connectivity index (χ0) is 14.1. The van der Waals surface area contributed by atoms with Crippen molar-refractivity contribution in [3.8, 4) is 5.75 Å². The first-order valence-corrected chi connectivity index (χ1v) is 7.77. The maximum atomic E-state index is 11.4. The minimum absolute atomic E-state index is 0.0803. The first-order valence-electron chi connectivity index (χ1n) is 7.77. The number of nitrogens with zero attached hydrogens (tertiary/aromatic N) is 1. The molecule has 0 bridgehead atoms. The summed E-state index contributed by atoms with van der Waals surface area (Å²) in [7, 11) is 0. The Hall–Kier alpha value is -1.51. The Bertz CT molecular complexity index is 510. The van der Waals surface area contributed by atoms with Gasteiger partial charge in [0.25, 0.3) is 0 Å². The third-order valence-electron chi connectivity index (χ3n) is 4.94. The van der Waals surface area contributed by atoms with Gasteiger partial charge in [0.15, 0.2) is 5.78 Å². The number of hydrogen-bond acceptors (Lipinski definition) is 3. The number of phenols is 1. The molecule has 3 heteroatoms. The van der Waals surface area contributed by atoms with E-state index >= 15 is 0 Å². The lowest BCUT2D eigenvalue weighted by Gasteiger charge is -2.45. The van der Waals surface area contributed by atoms with E-state index in [-0.39, 0.29) is 11.5 Å². The van der Waals surface area contributed by atoms with Gasteiger partial charge in [-0.3, -0.25) is 4.79 Å². The van der Waals surface area contributed by atoms with Crippen LogP contribution >= 0.6 is 0 Å². The number of aromatic hydroxyl groups is 1. The van der Waals surface area contributed by atoms with Crippen molar-refractivity contribution in [3.05, 3.63) is 23.8 Å². The van der Waals surface area contributed by atoms with E-state index in [4.69, 9.17) is 0 Å². The van der Waals surface area contributed by atoms with E-state index in [2.05, 4.69) is 4.90 Å². The van der Waals surface area contributed by atoms with Crippen molar-refractivity contribution in [1.29, 1.82) is 0 Å². The van der Waals surface area contributed by atoms with Gasteiger partial charge in [0.1, 0.15) is 5.75 Å². The molecule has 0 radical (unpaired) electrons. The number of rotatable bonds is 2. The normalized spacial score (nSPS) is 26.1. The molecule has 20 heavy (non-hydrogen) atoms. The van der Waals surface area contributed by atoms with Crippen molar-refractivity contribution in [2.24, 2.45) is 5.92 Å². The summed E-state index contributed by atoms with van der Waals surface area (Å²) in [5, 5.41) is 10.0. The summed E-state index contributed by atoms with van der Waals surface area (Å²) in [6.07, 6.45) is 7.87. The van der Waals surface area contributed by atoms with E-state index in [1.54, 1.807) is 12.1 Å². The molecular formula is C17H23NO2. The predicted molar refractivity (Wildman–Crippen MR) is 80.4 cm³/mol. The second-order valence-corrected chi connectivity index (χ2v) is 6.21. The molecule has 0 amide bonds. The summed E-state index contributed by atoms with van der Waals surface area (Å²) in [5.41, 5.74) is 1.50. The Morgan fingerprint density at radius 2 is 1.95 bits per heavy atom. The fourth-order valence-corrected chi connectivity index (χ4v) is 3.94. The maximum Gasteiger partial charge on any atom is 0.163 e. The van der Waals surface area contributed by atoms with E-state index < -0.39 is 0 Å². The summed E-state index contributed by atoms with van der Waals surface area (Å²) < 4.78 is 0. The van der Waals surface area contributed by atoms with Crippen molar-refractivity contribution >= 4 is 11.5 Å². The summed E-state index contributed by atoms with van der Waals surface area (Å²) >= 11 is 0. The smallest absolute Gasteiger partial charge is 0.163 e. The topological polar surface area (TPSA) is 40.5 Å². The van der Waals surface area contributed by atoms with Crippen LogP contribution in [0.5, 0.6) is 5.75 Å². The summed E-state index contributed by atoms with van der Waals surface area (Å²) in [4.78, 5) is 13.9. The number of fused-ring (bicyclic) bond motifs is 1. The molecule has 1 saturated carbocycles. The maximum absolute atomic E-state index is 11.4. The van der Waals surface area contributed by atoms with Crippen LogP contribution in [0.25, 0.3) is 0 Å². The second-order valence-electron chi connectivity index (χ2n) is 6.21. The van der Waals surface area contributed by atoms with E-state index in [1.165, 1.54) is 45.4 Å². The van der Waals surface area contributed by atoms with E-state index in [0.29, 0.717) is 11.6 Å². The average molecular weight is 273 g/mol. The first kappa shape index (κ1) is 13.5. The fraction of sp³-hybridized carbons (Fsp3) is 0.588. The van der Waals surface area contributed by atoms with Gasteiger partial charge < -0.3 is 10.0 Å². The number of anilines is 1. The molecule has 1 aliphatic carbocycles. The van der Waals surface area contributed by atoms with Gasteiger partial charge in [0.2, 0.25) is 0 Å². The summed E-state index contributed by atoms with van der Waals surface area (Å²) in [6.45, 7) is 2.56. The van der Waals surface area contributed by atoms with Gasteiger partial charge in [-0.2, -0.15) is 0 Å². The van der Waals surface area contributed by atoms with E-state index in [9.17, 15) is 9.90 Å². The molecule has 0 spiro atoms. The van der Waals surface area contributed by atoms with Crippen LogP contribution in [0, 0.1) is 5.92 Å². The lowest BCUT2D eigenvalue weighted by molar-refractivity contribution is 0.101. The number of carbonyl (C=O) groups excluding carboxylic acids is 1. The first-order chi connectivity index (χ1) is 9.66. The molecule has 2 fully saturated rings. The van der Waals surface area contributed by atoms with Crippen LogP contribution in [0.3, 0.4) is 0 Å². The monoisotopic (exact) mass is 273 g/mol. The number of ketones is 1. The Kier molecular flexibility index (Phi) is 3.68. The number of benzene rings is 1. The van der Waals surface area contributed by atoms with Crippen LogP contribution in [0.4, 0.5) is 5.69 Å². The molecule has 0 aromatic heterocycles. The van der Waals surface area contributed by atoms with Crippen molar-refractivity contribution in [2.45, 2.75) is 51.5 Å². The molecule has 1 aromatic rings. The highest BCUT2D eigenvalue weighted by Gasteiger charge is 2.33. The number of piperidine rings is 1. The van der Waals surface area contributed by atoms with Crippen molar-refractivity contribution in [3.63, 3.8) is 0 Å². The van der Waals surface area contributed by atoms with Gasteiger partial charge in [-0.05, 0) is 50.7 Å². The zero-order valence-corrected chi connectivity index (χ0v) is 12.1. The largest absolute Gasteiger partial charge is 0.507 e. The standard InChI is InChI=1S/C17H23NO2/c1-12(19)15-9-8-14(11-17(15)20)18-10-4-6-13-5-2-3-7-16(13)18/h8-9,11,13,16,20H,2-7,10H2,1H3. The Morgan fingerprint density at radius 3 is 2.70 bits per heavy atom. The van der Waals surface area contributed by atoms with Crippen molar-refractivity contribution in [2.75, 3.05) is 11.4 Å². The van der Waals surface area contributed by atoms with Gasteiger partial charge in [-0.25, -0.2) is 0 Å². The third kappa shape index (κ3) is 2.41. The highest BCUT2D eigenvalue weighted by Crippen LogP contribution is 2.38. The second kappa shape index (κ2) is 5.47. The van der Waals surface area contributed by atoms with Crippen LogP contribution in [0.15, 0.2) is 18.2 Å². The average Bonchev–Trinajstić information content (AvgIpc) is 2.46.